The molecular formula is C14H26S2. The molecule has 0 radical (unpaired) electrons. The van der Waals surface area contributed by atoms with Gasteiger partial charge in [-0.2, -0.15) is 23.5 Å². The molecule has 2 aliphatic heterocycles. The first-order chi connectivity index (χ1) is 7.54. The van der Waals surface area contributed by atoms with Crippen LogP contribution in [-0.4, -0.2) is 21.0 Å². The Balaban J connectivity index is 1.95. The lowest BCUT2D eigenvalue weighted by Gasteiger charge is -2.41. The highest BCUT2D eigenvalue weighted by atomic mass is 32.2. The molecule has 4 atom stereocenters. The zero-order valence-electron chi connectivity index (χ0n) is 11.1. The highest BCUT2D eigenvalue weighted by Gasteiger charge is 2.34. The van der Waals surface area contributed by atoms with E-state index in [0.29, 0.717) is 0 Å². The van der Waals surface area contributed by atoms with E-state index < -0.39 is 0 Å². The van der Waals surface area contributed by atoms with Gasteiger partial charge in [0.2, 0.25) is 0 Å². The van der Waals surface area contributed by atoms with Crippen molar-refractivity contribution in [3.05, 3.63) is 0 Å². The van der Waals surface area contributed by atoms with Gasteiger partial charge >= 0.3 is 0 Å². The fraction of sp³-hybridized carbons (Fsp3) is 1.00. The van der Waals surface area contributed by atoms with Gasteiger partial charge in [-0.25, -0.2) is 0 Å². The molecule has 0 bridgehead atoms. The quantitative estimate of drug-likeness (QED) is 0.661. The van der Waals surface area contributed by atoms with Crippen LogP contribution in [-0.2, 0) is 0 Å². The minimum Gasteiger partial charge on any atom is -0.156 e. The molecule has 0 spiro atoms. The van der Waals surface area contributed by atoms with Crippen molar-refractivity contribution in [2.45, 2.75) is 74.4 Å². The molecule has 2 heteroatoms. The van der Waals surface area contributed by atoms with Gasteiger partial charge in [0, 0.05) is 21.0 Å². The van der Waals surface area contributed by atoms with Crippen LogP contribution >= 0.6 is 23.5 Å². The van der Waals surface area contributed by atoms with Crippen LogP contribution in [0.2, 0.25) is 0 Å². The fourth-order valence-electron chi connectivity index (χ4n) is 3.68. The molecule has 0 saturated carbocycles. The van der Waals surface area contributed by atoms with E-state index in [2.05, 4.69) is 51.2 Å². The minimum atomic E-state index is 0.897. The van der Waals surface area contributed by atoms with Crippen LogP contribution in [0.3, 0.4) is 0 Å². The highest BCUT2D eigenvalue weighted by molar-refractivity contribution is 8.00. The molecule has 2 fully saturated rings. The zero-order chi connectivity index (χ0) is 11.7. The first kappa shape index (κ1) is 13.1. The van der Waals surface area contributed by atoms with Crippen LogP contribution in [0.25, 0.3) is 0 Å². The second-order valence-corrected chi connectivity index (χ2v) is 9.74. The SMILES string of the molecule is CC1CC(C2CC(C)SC(C)C2)CC(C)S1. The van der Waals surface area contributed by atoms with E-state index in [4.69, 9.17) is 0 Å². The maximum atomic E-state index is 2.43. The lowest BCUT2D eigenvalue weighted by atomic mass is 9.79. The second kappa shape index (κ2) is 5.56. The number of hydrogen-bond acceptors (Lipinski definition) is 2. The molecule has 16 heavy (non-hydrogen) atoms. The fourth-order valence-corrected chi connectivity index (χ4v) is 6.70. The highest BCUT2D eigenvalue weighted by Crippen LogP contribution is 2.45. The van der Waals surface area contributed by atoms with Crippen molar-refractivity contribution in [3.63, 3.8) is 0 Å². The van der Waals surface area contributed by atoms with E-state index in [-0.39, 0.29) is 0 Å². The predicted octanol–water partition coefficient (Wildman–Crippen LogP) is 4.83. The maximum absolute atomic E-state index is 2.43. The molecule has 0 aromatic carbocycles. The average Bonchev–Trinajstić information content (AvgIpc) is 2.14. The minimum absolute atomic E-state index is 0.897. The molecule has 0 aromatic rings. The smallest absolute Gasteiger partial charge is 0.00241 e. The third-order valence-corrected chi connectivity index (χ3v) is 6.76. The molecule has 0 aliphatic carbocycles. The molecule has 0 amide bonds. The number of thioether (sulfide) groups is 2. The Morgan fingerprint density at radius 3 is 1.06 bits per heavy atom. The molecule has 4 unspecified atom stereocenters. The lowest BCUT2D eigenvalue weighted by molar-refractivity contribution is 0.250. The van der Waals surface area contributed by atoms with Crippen molar-refractivity contribution < 1.29 is 0 Å². The Kier molecular flexibility index (Phi) is 4.57. The Hall–Kier alpha value is 0.700. The zero-order valence-corrected chi connectivity index (χ0v) is 12.7. The third kappa shape index (κ3) is 3.35. The van der Waals surface area contributed by atoms with Gasteiger partial charge in [-0.1, -0.05) is 27.7 Å². The van der Waals surface area contributed by atoms with Crippen LogP contribution in [0, 0.1) is 11.8 Å². The second-order valence-electron chi connectivity index (χ2n) is 5.98. The Labute approximate surface area is 110 Å². The van der Waals surface area contributed by atoms with E-state index >= 15 is 0 Å². The summed E-state index contributed by atoms with van der Waals surface area (Å²) in [6.07, 6.45) is 5.90. The van der Waals surface area contributed by atoms with Gasteiger partial charge in [-0.15, -0.1) is 0 Å². The van der Waals surface area contributed by atoms with E-state index in [1.807, 2.05) is 0 Å². The Morgan fingerprint density at radius 2 is 0.812 bits per heavy atom. The van der Waals surface area contributed by atoms with Crippen molar-refractivity contribution in [2.75, 3.05) is 0 Å². The molecule has 2 saturated heterocycles. The van der Waals surface area contributed by atoms with Gasteiger partial charge in [-0.3, -0.25) is 0 Å². The summed E-state index contributed by atoms with van der Waals surface area (Å²) in [4.78, 5) is 0. The van der Waals surface area contributed by atoms with Crippen LogP contribution in [0.15, 0.2) is 0 Å². The van der Waals surface area contributed by atoms with Crippen molar-refractivity contribution in [1.29, 1.82) is 0 Å². The van der Waals surface area contributed by atoms with E-state index in [0.717, 1.165) is 32.8 Å². The van der Waals surface area contributed by atoms with Crippen LogP contribution in [0.4, 0.5) is 0 Å². The predicted molar refractivity (Wildman–Crippen MR) is 78.5 cm³/mol. The topological polar surface area (TPSA) is 0 Å². The molecule has 2 heterocycles. The molecule has 0 nitrogen and oxygen atoms in total. The van der Waals surface area contributed by atoms with Crippen molar-refractivity contribution in [1.82, 2.24) is 0 Å². The summed E-state index contributed by atoms with van der Waals surface area (Å²) >= 11 is 4.41. The van der Waals surface area contributed by atoms with Crippen LogP contribution in [0.1, 0.15) is 53.4 Å². The van der Waals surface area contributed by atoms with E-state index in [1.54, 1.807) is 0 Å². The van der Waals surface area contributed by atoms with Crippen LogP contribution < -0.4 is 0 Å². The summed E-state index contributed by atoms with van der Waals surface area (Å²) in [6.45, 7) is 9.71. The van der Waals surface area contributed by atoms with Crippen molar-refractivity contribution in [3.8, 4) is 0 Å². The molecule has 2 rings (SSSR count). The van der Waals surface area contributed by atoms with Gasteiger partial charge in [0.15, 0.2) is 0 Å². The van der Waals surface area contributed by atoms with Crippen LogP contribution in [0.5, 0.6) is 0 Å². The largest absolute Gasteiger partial charge is 0.156 e. The van der Waals surface area contributed by atoms with Gasteiger partial charge in [0.25, 0.3) is 0 Å². The summed E-state index contributed by atoms with van der Waals surface area (Å²) in [6, 6.07) is 0. The van der Waals surface area contributed by atoms with E-state index in [1.165, 1.54) is 25.7 Å². The lowest BCUT2D eigenvalue weighted by Crippen LogP contribution is -2.32. The Bertz CT molecular complexity index is 185. The first-order valence-electron chi connectivity index (χ1n) is 6.85. The molecular weight excluding hydrogens is 232 g/mol. The first-order valence-corrected chi connectivity index (χ1v) is 8.74. The van der Waals surface area contributed by atoms with Crippen molar-refractivity contribution >= 4 is 23.5 Å². The van der Waals surface area contributed by atoms with E-state index in [9.17, 15) is 0 Å². The number of rotatable bonds is 1. The van der Waals surface area contributed by atoms with Gasteiger partial charge in [0.05, 0.1) is 0 Å². The summed E-state index contributed by atoms with van der Waals surface area (Å²) in [5.41, 5.74) is 0. The normalized spacial score (nSPS) is 50.2. The average molecular weight is 258 g/mol. The summed E-state index contributed by atoms with van der Waals surface area (Å²) in [5, 5.41) is 3.59. The number of hydrogen-bond donors (Lipinski definition) is 0. The van der Waals surface area contributed by atoms with Gasteiger partial charge in [0.1, 0.15) is 0 Å². The summed E-state index contributed by atoms with van der Waals surface area (Å²) in [5.74, 6) is 2.05. The standard InChI is InChI=1S/C14H26S2/c1-9-5-13(6-10(2)15-9)14-7-11(3)16-12(4)8-14/h9-14H,5-8H2,1-4H3. The van der Waals surface area contributed by atoms with Gasteiger partial charge < -0.3 is 0 Å². The van der Waals surface area contributed by atoms with Gasteiger partial charge in [-0.05, 0) is 37.5 Å². The van der Waals surface area contributed by atoms with Crippen molar-refractivity contribution in [2.24, 2.45) is 11.8 Å². The molecule has 0 N–H and O–H groups in total. The summed E-state index contributed by atoms with van der Waals surface area (Å²) in [7, 11) is 0. The molecule has 2 aliphatic rings. The summed E-state index contributed by atoms with van der Waals surface area (Å²) < 4.78 is 0. The monoisotopic (exact) mass is 258 g/mol. The third-order valence-electron chi connectivity index (χ3n) is 4.13. The maximum Gasteiger partial charge on any atom is 0.00241 e. The Morgan fingerprint density at radius 1 is 0.562 bits per heavy atom. The molecule has 0 aromatic heterocycles. The molecule has 94 valence electrons.